The fourth-order valence-electron chi connectivity index (χ4n) is 5.42. The van der Waals surface area contributed by atoms with Crippen LogP contribution in [0.2, 0.25) is 0 Å². The SMILES string of the molecule is CC(Nc1cc(F)c(F)c(F)c1)c1cc(C(=O)N(C)C2CCN(C(=O)OC(C)(C)C)C2)cc2ncc(N3CCOCC3)nc12. The Kier molecular flexibility index (Phi) is 8.87. The molecule has 0 spiro atoms. The molecule has 2 aliphatic heterocycles. The smallest absolute Gasteiger partial charge is 0.410 e. The van der Waals surface area contributed by atoms with Gasteiger partial charge < -0.3 is 29.5 Å². The number of hydrogen-bond donors (Lipinski definition) is 1. The largest absolute Gasteiger partial charge is 0.444 e. The molecule has 2 aromatic carbocycles. The van der Waals surface area contributed by atoms with E-state index in [0.29, 0.717) is 73.8 Å². The number of aromatic nitrogens is 2. The van der Waals surface area contributed by atoms with Crippen LogP contribution in [0.1, 0.15) is 56.1 Å². The van der Waals surface area contributed by atoms with Crippen LogP contribution in [0.4, 0.5) is 29.5 Å². The van der Waals surface area contributed by atoms with Crippen LogP contribution in [0.15, 0.2) is 30.5 Å². The molecule has 1 aromatic heterocycles. The minimum atomic E-state index is -1.55. The molecule has 0 bridgehead atoms. The molecule has 2 amide bonds. The summed E-state index contributed by atoms with van der Waals surface area (Å²) in [5, 5.41) is 3.01. The maximum Gasteiger partial charge on any atom is 0.410 e. The number of benzene rings is 2. The van der Waals surface area contributed by atoms with E-state index in [-0.39, 0.29) is 17.6 Å². The van der Waals surface area contributed by atoms with Gasteiger partial charge in [-0.15, -0.1) is 0 Å². The summed E-state index contributed by atoms with van der Waals surface area (Å²) in [5.74, 6) is -3.84. The molecule has 3 heterocycles. The molecule has 1 N–H and O–H groups in total. The van der Waals surface area contributed by atoms with Gasteiger partial charge in [0.15, 0.2) is 17.5 Å². The highest BCUT2D eigenvalue weighted by molar-refractivity contribution is 5.98. The molecule has 3 aromatic rings. The molecule has 2 atom stereocenters. The van der Waals surface area contributed by atoms with Crippen LogP contribution in [0.3, 0.4) is 0 Å². The van der Waals surface area contributed by atoms with Crippen LogP contribution in [0.25, 0.3) is 11.0 Å². The van der Waals surface area contributed by atoms with Gasteiger partial charge in [0.05, 0.1) is 42.5 Å². The van der Waals surface area contributed by atoms with Gasteiger partial charge >= 0.3 is 6.09 Å². The van der Waals surface area contributed by atoms with Crippen molar-refractivity contribution in [1.82, 2.24) is 19.8 Å². The Morgan fingerprint density at radius 3 is 2.43 bits per heavy atom. The third-order valence-electron chi connectivity index (χ3n) is 7.76. The first-order chi connectivity index (χ1) is 20.8. The predicted molar refractivity (Wildman–Crippen MR) is 159 cm³/mol. The number of morpholine rings is 1. The van der Waals surface area contributed by atoms with Crippen LogP contribution in [-0.2, 0) is 9.47 Å². The standard InChI is InChI=1S/C31H37F3N6O4/c1-18(36-20-14-23(32)27(34)24(33)15-20)22-12-19(13-25-28(22)37-26(16-35-25)39-8-10-43-11-9-39)29(41)38(5)21-6-7-40(17-21)30(42)44-31(2,3)4/h12-16,18,21,36H,6-11,17H2,1-5H3. The van der Waals surface area contributed by atoms with Gasteiger partial charge in [0.25, 0.3) is 5.91 Å². The summed E-state index contributed by atoms with van der Waals surface area (Å²) in [6, 6.07) is 4.27. The Morgan fingerprint density at radius 1 is 1.09 bits per heavy atom. The lowest BCUT2D eigenvalue weighted by molar-refractivity contribution is 0.0279. The van der Waals surface area contributed by atoms with Gasteiger partial charge in [-0.25, -0.2) is 22.9 Å². The zero-order valence-electron chi connectivity index (χ0n) is 25.5. The van der Waals surface area contributed by atoms with Gasteiger partial charge in [0.1, 0.15) is 11.4 Å². The van der Waals surface area contributed by atoms with Gasteiger partial charge in [-0.2, -0.15) is 0 Å². The number of carbonyl (C=O) groups is 2. The molecule has 236 valence electrons. The quantitative estimate of drug-likeness (QED) is 0.382. The average Bonchev–Trinajstić information content (AvgIpc) is 3.48. The number of anilines is 2. The van der Waals surface area contributed by atoms with Crippen LogP contribution in [-0.4, -0.2) is 89.9 Å². The van der Waals surface area contributed by atoms with Crippen LogP contribution < -0.4 is 10.2 Å². The third-order valence-corrected chi connectivity index (χ3v) is 7.76. The number of fused-ring (bicyclic) bond motifs is 1. The normalized spacial score (nSPS) is 18.0. The Labute approximate surface area is 254 Å². The number of ether oxygens (including phenoxy) is 2. The highest BCUT2D eigenvalue weighted by Crippen LogP contribution is 2.30. The van der Waals surface area contributed by atoms with Crippen molar-refractivity contribution in [3.05, 3.63) is 59.0 Å². The van der Waals surface area contributed by atoms with E-state index in [9.17, 15) is 22.8 Å². The molecule has 0 aliphatic carbocycles. The number of halogens is 3. The Bertz CT molecular complexity index is 1540. The fourth-order valence-corrected chi connectivity index (χ4v) is 5.42. The van der Waals surface area contributed by atoms with Gasteiger partial charge in [0, 0.05) is 62.2 Å². The van der Waals surface area contributed by atoms with E-state index >= 15 is 0 Å². The molecule has 10 nitrogen and oxygen atoms in total. The number of rotatable bonds is 6. The van der Waals surface area contributed by atoms with Gasteiger partial charge in [-0.3, -0.25) is 9.78 Å². The topological polar surface area (TPSA) is 100 Å². The summed E-state index contributed by atoms with van der Waals surface area (Å²) < 4.78 is 52.5. The van der Waals surface area contributed by atoms with E-state index in [4.69, 9.17) is 14.5 Å². The number of likely N-dealkylation sites (N-methyl/N-ethyl adjacent to an activating group) is 1. The lowest BCUT2D eigenvalue weighted by Gasteiger charge is -2.28. The summed E-state index contributed by atoms with van der Waals surface area (Å²) in [6.45, 7) is 10.3. The van der Waals surface area contributed by atoms with Crippen molar-refractivity contribution in [2.24, 2.45) is 0 Å². The molecule has 2 aliphatic rings. The summed E-state index contributed by atoms with van der Waals surface area (Å²) in [6.07, 6.45) is 1.81. The van der Waals surface area contributed by atoms with Gasteiger partial charge in [-0.1, -0.05) is 0 Å². The van der Waals surface area contributed by atoms with Crippen LogP contribution >= 0.6 is 0 Å². The number of nitrogens with zero attached hydrogens (tertiary/aromatic N) is 5. The minimum absolute atomic E-state index is 0.0291. The van der Waals surface area contributed by atoms with E-state index in [2.05, 4.69) is 10.3 Å². The first-order valence-electron chi connectivity index (χ1n) is 14.6. The maximum absolute atomic E-state index is 14.0. The second-order valence-corrected chi connectivity index (χ2v) is 12.2. The van der Waals surface area contributed by atoms with E-state index in [1.165, 1.54) is 0 Å². The van der Waals surface area contributed by atoms with Gasteiger partial charge in [-0.05, 0) is 46.2 Å². The molecule has 2 saturated heterocycles. The minimum Gasteiger partial charge on any atom is -0.444 e. The lowest BCUT2D eigenvalue weighted by Crippen LogP contribution is -2.41. The highest BCUT2D eigenvalue weighted by atomic mass is 19.2. The van der Waals surface area contributed by atoms with Crippen LogP contribution in [0, 0.1) is 17.5 Å². The van der Waals surface area contributed by atoms with Crippen molar-refractivity contribution >= 4 is 34.5 Å². The second-order valence-electron chi connectivity index (χ2n) is 12.2. The molecule has 0 saturated carbocycles. The number of likely N-dealkylation sites (tertiary alicyclic amines) is 1. The monoisotopic (exact) mass is 614 g/mol. The maximum atomic E-state index is 14.0. The molecule has 13 heteroatoms. The van der Waals surface area contributed by atoms with Crippen molar-refractivity contribution in [2.45, 2.75) is 51.8 Å². The first kappa shape index (κ1) is 31.3. The van der Waals surface area contributed by atoms with E-state index in [1.54, 1.807) is 62.9 Å². The summed E-state index contributed by atoms with van der Waals surface area (Å²) >= 11 is 0. The van der Waals surface area contributed by atoms with E-state index < -0.39 is 35.2 Å². The van der Waals surface area contributed by atoms with Crippen molar-refractivity contribution in [2.75, 3.05) is 56.7 Å². The molecular weight excluding hydrogens is 577 g/mol. The molecule has 5 rings (SSSR count). The number of hydrogen-bond acceptors (Lipinski definition) is 8. The molecule has 44 heavy (non-hydrogen) atoms. The zero-order chi connectivity index (χ0) is 31.8. The zero-order valence-corrected chi connectivity index (χ0v) is 25.5. The summed E-state index contributed by atoms with van der Waals surface area (Å²) in [4.78, 5) is 41.2. The van der Waals surface area contributed by atoms with Crippen molar-refractivity contribution < 1.29 is 32.2 Å². The van der Waals surface area contributed by atoms with E-state index in [1.807, 2.05) is 4.90 Å². The predicted octanol–water partition coefficient (Wildman–Crippen LogP) is 5.14. The van der Waals surface area contributed by atoms with E-state index in [0.717, 1.165) is 12.1 Å². The van der Waals surface area contributed by atoms with Crippen molar-refractivity contribution in [3.63, 3.8) is 0 Å². The van der Waals surface area contributed by atoms with Crippen molar-refractivity contribution in [3.8, 4) is 0 Å². The lowest BCUT2D eigenvalue weighted by atomic mass is 10.0. The average molecular weight is 615 g/mol. The highest BCUT2D eigenvalue weighted by Gasteiger charge is 2.34. The molecule has 2 unspecified atom stereocenters. The molecule has 0 radical (unpaired) electrons. The second kappa shape index (κ2) is 12.5. The Balaban J connectivity index is 1.46. The number of amides is 2. The fraction of sp³-hybridized carbons (Fsp3) is 0.484. The van der Waals surface area contributed by atoms with Crippen LogP contribution in [0.5, 0.6) is 0 Å². The first-order valence-corrected chi connectivity index (χ1v) is 14.6. The molecular formula is C31H37F3N6O4. The Morgan fingerprint density at radius 2 is 1.77 bits per heavy atom. The number of nitrogens with one attached hydrogen (secondary N) is 1. The third kappa shape index (κ3) is 6.82. The number of carbonyl (C=O) groups excluding carboxylic acids is 2. The Hall–Kier alpha value is -4.13. The molecule has 2 fully saturated rings. The summed E-state index contributed by atoms with van der Waals surface area (Å²) in [7, 11) is 1.69. The van der Waals surface area contributed by atoms with Gasteiger partial charge in [0.2, 0.25) is 0 Å². The van der Waals surface area contributed by atoms with Crippen molar-refractivity contribution in [1.29, 1.82) is 0 Å². The summed E-state index contributed by atoms with van der Waals surface area (Å²) in [5.41, 5.74) is 1.27.